The number of pyridine rings is 1. The zero-order valence-electron chi connectivity index (χ0n) is 30.5. The van der Waals surface area contributed by atoms with Crippen LogP contribution in [-0.4, -0.2) is 83.1 Å². The van der Waals surface area contributed by atoms with Crippen molar-refractivity contribution >= 4 is 23.1 Å². The highest BCUT2D eigenvalue weighted by molar-refractivity contribution is 6.32. The quantitative estimate of drug-likeness (QED) is 0.156. The van der Waals surface area contributed by atoms with E-state index in [2.05, 4.69) is 54.1 Å². The van der Waals surface area contributed by atoms with Gasteiger partial charge in [0.1, 0.15) is 48.6 Å². The number of likely N-dealkylation sites (tertiary alicyclic amines) is 2. The lowest BCUT2D eigenvalue weighted by Gasteiger charge is -2.40. The van der Waals surface area contributed by atoms with Crippen LogP contribution in [-0.2, 0) is 22.7 Å². The number of nitrogens with zero attached hydrogens (tertiary/aromatic N) is 4. The highest BCUT2D eigenvalue weighted by Gasteiger charge is 2.40. The fourth-order valence-corrected chi connectivity index (χ4v) is 7.86. The molecular formula is C42H48ClFN4O5. The lowest BCUT2D eigenvalue weighted by molar-refractivity contribution is -0.144. The number of carboxylic acids is 1. The topological polar surface area (TPSA) is 108 Å². The SMILES string of the molecule is Cc1ccccc1C1=CC=CC(COc2cc(OCc3cncc(C#N)c3)c(CN3CCCC[C@H]3C(=O)O)cc2Cl)(OCCCN2CC[C@H](F)C2)C1C. The van der Waals surface area contributed by atoms with Gasteiger partial charge in [-0.05, 0) is 74.1 Å². The maximum Gasteiger partial charge on any atom is 0.320 e. The van der Waals surface area contributed by atoms with Gasteiger partial charge in [0.25, 0.3) is 0 Å². The molecule has 9 nitrogen and oxygen atoms in total. The zero-order chi connectivity index (χ0) is 37.4. The Kier molecular flexibility index (Phi) is 12.8. The molecule has 280 valence electrons. The van der Waals surface area contributed by atoms with Gasteiger partial charge in [0, 0.05) is 68.3 Å². The minimum Gasteiger partial charge on any atom is -0.489 e. The van der Waals surface area contributed by atoms with E-state index in [0.717, 1.165) is 49.1 Å². The molecule has 3 heterocycles. The zero-order valence-corrected chi connectivity index (χ0v) is 31.2. The number of carbonyl (C=O) groups is 1. The Bertz CT molecular complexity index is 1860. The van der Waals surface area contributed by atoms with Crippen LogP contribution in [0.5, 0.6) is 11.5 Å². The summed E-state index contributed by atoms with van der Waals surface area (Å²) in [5.74, 6) is -0.0228. The molecule has 53 heavy (non-hydrogen) atoms. The Balaban J connectivity index is 1.26. The van der Waals surface area contributed by atoms with Crippen LogP contribution < -0.4 is 9.47 Å². The summed E-state index contributed by atoms with van der Waals surface area (Å²) in [7, 11) is 0. The fourth-order valence-electron chi connectivity index (χ4n) is 7.62. The largest absolute Gasteiger partial charge is 0.489 e. The van der Waals surface area contributed by atoms with Crippen molar-refractivity contribution in [2.75, 3.05) is 39.4 Å². The summed E-state index contributed by atoms with van der Waals surface area (Å²) in [6, 6.07) is 15.1. The molecule has 2 unspecified atom stereocenters. The average molecular weight is 743 g/mol. The van der Waals surface area contributed by atoms with Crippen LogP contribution in [0.1, 0.15) is 66.8 Å². The first-order valence-corrected chi connectivity index (χ1v) is 18.9. The summed E-state index contributed by atoms with van der Waals surface area (Å²) < 4.78 is 33.6. The molecule has 3 aromatic rings. The van der Waals surface area contributed by atoms with Gasteiger partial charge in [0.15, 0.2) is 0 Å². The Morgan fingerprint density at radius 2 is 1.98 bits per heavy atom. The van der Waals surface area contributed by atoms with Gasteiger partial charge in [-0.15, -0.1) is 0 Å². The number of benzene rings is 2. The van der Waals surface area contributed by atoms with Crippen LogP contribution in [0, 0.1) is 24.2 Å². The van der Waals surface area contributed by atoms with Crippen LogP contribution in [0.2, 0.25) is 5.02 Å². The Morgan fingerprint density at radius 3 is 2.75 bits per heavy atom. The number of rotatable bonds is 15. The van der Waals surface area contributed by atoms with Crippen molar-refractivity contribution in [3.63, 3.8) is 0 Å². The number of aryl methyl sites for hydroxylation is 1. The molecule has 1 aliphatic carbocycles. The molecule has 4 atom stereocenters. The van der Waals surface area contributed by atoms with Crippen LogP contribution in [0.15, 0.2) is 73.1 Å². The number of aromatic nitrogens is 1. The summed E-state index contributed by atoms with van der Waals surface area (Å²) >= 11 is 6.96. The first-order chi connectivity index (χ1) is 25.7. The Morgan fingerprint density at radius 1 is 1.13 bits per heavy atom. The second-order valence-electron chi connectivity index (χ2n) is 14.3. The van der Waals surface area contributed by atoms with Gasteiger partial charge in [0.2, 0.25) is 0 Å². The van der Waals surface area contributed by atoms with Crippen LogP contribution >= 0.6 is 11.6 Å². The number of allylic oxidation sites excluding steroid dienone is 2. The number of ether oxygens (including phenoxy) is 3. The molecule has 11 heteroatoms. The van der Waals surface area contributed by atoms with Gasteiger partial charge < -0.3 is 24.2 Å². The molecule has 0 bridgehead atoms. The molecule has 2 saturated heterocycles. The first kappa shape index (κ1) is 38.5. The smallest absolute Gasteiger partial charge is 0.320 e. The monoisotopic (exact) mass is 742 g/mol. The molecule has 0 saturated carbocycles. The van der Waals surface area contributed by atoms with Crippen LogP contribution in [0.4, 0.5) is 4.39 Å². The molecule has 0 spiro atoms. The molecule has 2 aliphatic heterocycles. The van der Waals surface area contributed by atoms with E-state index in [9.17, 15) is 19.6 Å². The van der Waals surface area contributed by atoms with Gasteiger partial charge in [-0.1, -0.05) is 61.4 Å². The molecular weight excluding hydrogens is 695 g/mol. The van der Waals surface area contributed by atoms with Gasteiger partial charge in [-0.25, -0.2) is 4.39 Å². The van der Waals surface area contributed by atoms with E-state index in [-0.39, 0.29) is 19.1 Å². The van der Waals surface area contributed by atoms with Gasteiger partial charge in [-0.2, -0.15) is 5.26 Å². The van der Waals surface area contributed by atoms with Crippen molar-refractivity contribution in [1.82, 2.24) is 14.8 Å². The third-order valence-corrected chi connectivity index (χ3v) is 11.0. The molecule has 0 radical (unpaired) electrons. The summed E-state index contributed by atoms with van der Waals surface area (Å²) in [5, 5.41) is 19.7. The molecule has 1 N–H and O–H groups in total. The van der Waals surface area contributed by atoms with E-state index in [1.54, 1.807) is 24.4 Å². The third kappa shape index (κ3) is 9.46. The van der Waals surface area contributed by atoms with E-state index in [1.807, 2.05) is 23.1 Å². The maximum absolute atomic E-state index is 13.8. The Labute approximate surface area is 316 Å². The lowest BCUT2D eigenvalue weighted by atomic mass is 9.76. The van der Waals surface area contributed by atoms with Crippen molar-refractivity contribution in [1.29, 1.82) is 5.26 Å². The van der Waals surface area contributed by atoms with Gasteiger partial charge in [0.05, 0.1) is 10.6 Å². The second-order valence-corrected chi connectivity index (χ2v) is 14.8. The van der Waals surface area contributed by atoms with Crippen LogP contribution in [0.3, 0.4) is 0 Å². The third-order valence-electron chi connectivity index (χ3n) is 10.7. The molecule has 0 amide bonds. The molecule has 1 aromatic heterocycles. The predicted molar refractivity (Wildman–Crippen MR) is 203 cm³/mol. The van der Waals surface area contributed by atoms with E-state index in [4.69, 9.17) is 25.8 Å². The van der Waals surface area contributed by atoms with Crippen molar-refractivity contribution in [2.24, 2.45) is 5.92 Å². The van der Waals surface area contributed by atoms with E-state index in [1.165, 1.54) is 11.8 Å². The number of halogens is 2. The van der Waals surface area contributed by atoms with Crippen LogP contribution in [0.25, 0.3) is 5.57 Å². The number of hydrogen-bond donors (Lipinski definition) is 1. The van der Waals surface area contributed by atoms with Crippen molar-refractivity contribution in [3.05, 3.63) is 106 Å². The summed E-state index contributed by atoms with van der Waals surface area (Å²) in [4.78, 5) is 20.4. The van der Waals surface area contributed by atoms with Gasteiger partial charge >= 0.3 is 5.97 Å². The highest BCUT2D eigenvalue weighted by atomic mass is 35.5. The van der Waals surface area contributed by atoms with Crippen molar-refractivity contribution < 1.29 is 28.5 Å². The minimum absolute atomic E-state index is 0.0867. The number of hydrogen-bond acceptors (Lipinski definition) is 8. The van der Waals surface area contributed by atoms with E-state index < -0.39 is 23.8 Å². The highest BCUT2D eigenvalue weighted by Crippen LogP contribution is 2.42. The van der Waals surface area contributed by atoms with E-state index in [0.29, 0.717) is 66.7 Å². The first-order valence-electron chi connectivity index (χ1n) is 18.5. The standard InChI is InChI=1S/C42H48ClFN4O5/c1-29-9-3-4-10-35(29)36-11-7-14-42(30(36)2,53-18-8-15-47-17-13-34(44)26-47)28-52-40-21-39(51-27-32-19-31(22-45)23-46-24-32)33(20-37(40)43)25-48-16-6-5-12-38(48)41(49)50/h3-4,7,9-11,14,19-21,23-24,30,34,38H,5-6,8,12-13,15-18,25-28H2,1-2H3,(H,49,50)/t30?,34-,38-,42?/m0/s1. The van der Waals surface area contributed by atoms with Gasteiger partial charge in [-0.3, -0.25) is 14.7 Å². The summed E-state index contributed by atoms with van der Waals surface area (Å²) in [5.41, 5.74) is 4.49. The number of piperidine rings is 1. The second kappa shape index (κ2) is 17.7. The lowest BCUT2D eigenvalue weighted by Crippen LogP contribution is -2.45. The maximum atomic E-state index is 13.8. The Hall–Kier alpha value is -4.27. The number of aliphatic carboxylic acids is 1. The molecule has 2 aromatic carbocycles. The minimum atomic E-state index is -0.844. The van der Waals surface area contributed by atoms with Crippen molar-refractivity contribution in [2.45, 2.75) is 76.9 Å². The summed E-state index contributed by atoms with van der Waals surface area (Å²) in [6.07, 6.45) is 12.3. The number of alkyl halides is 1. The fraction of sp³-hybridized carbons (Fsp3) is 0.452. The molecule has 6 rings (SSSR count). The summed E-state index contributed by atoms with van der Waals surface area (Å²) in [6.45, 7) is 7.99. The average Bonchev–Trinajstić information content (AvgIpc) is 3.58. The van der Waals surface area contributed by atoms with Crippen molar-refractivity contribution in [3.8, 4) is 17.6 Å². The normalized spacial score (nSPS) is 23.4. The molecule has 2 fully saturated rings. The number of carboxylic acid groups (broad SMARTS) is 1. The predicted octanol–water partition coefficient (Wildman–Crippen LogP) is 7.79. The van der Waals surface area contributed by atoms with E-state index >= 15 is 0 Å². The molecule has 3 aliphatic rings. The number of nitriles is 1.